The van der Waals surface area contributed by atoms with Gasteiger partial charge in [0, 0.05) is 44.6 Å². The lowest BCUT2D eigenvalue weighted by Gasteiger charge is -2.55. The van der Waals surface area contributed by atoms with Gasteiger partial charge in [-0.3, -0.25) is 4.79 Å². The quantitative estimate of drug-likeness (QED) is 0.866. The van der Waals surface area contributed by atoms with Crippen LogP contribution in [0.1, 0.15) is 25.8 Å². The highest BCUT2D eigenvalue weighted by Crippen LogP contribution is 2.52. The second-order valence-electron chi connectivity index (χ2n) is 7.65. The normalized spacial score (nSPS) is 27.2. The number of hydrogen-bond donors (Lipinski definition) is 1. The van der Waals surface area contributed by atoms with Gasteiger partial charge in [0.1, 0.15) is 5.75 Å². The first-order chi connectivity index (χ1) is 11.4. The molecule has 1 saturated carbocycles. The van der Waals surface area contributed by atoms with Crippen molar-refractivity contribution in [2.24, 2.45) is 11.3 Å². The highest BCUT2D eigenvalue weighted by molar-refractivity contribution is 5.77. The van der Waals surface area contributed by atoms with Crippen LogP contribution in [0.5, 0.6) is 5.75 Å². The van der Waals surface area contributed by atoms with Gasteiger partial charge in [-0.15, -0.1) is 0 Å². The van der Waals surface area contributed by atoms with E-state index in [0.29, 0.717) is 18.1 Å². The number of rotatable bonds is 6. The second-order valence-corrected chi connectivity index (χ2v) is 7.65. The van der Waals surface area contributed by atoms with Crippen LogP contribution in [-0.2, 0) is 16.1 Å². The van der Waals surface area contributed by atoms with Gasteiger partial charge < -0.3 is 19.7 Å². The predicted octanol–water partition coefficient (Wildman–Crippen LogP) is 2.06. The molecule has 1 aliphatic heterocycles. The summed E-state index contributed by atoms with van der Waals surface area (Å²) in [6, 6.07) is 8.44. The van der Waals surface area contributed by atoms with Crippen molar-refractivity contribution in [1.29, 1.82) is 0 Å². The molecule has 2 fully saturated rings. The summed E-state index contributed by atoms with van der Waals surface area (Å²) >= 11 is 0. The number of ether oxygens (including phenoxy) is 2. The topological polar surface area (TPSA) is 50.8 Å². The van der Waals surface area contributed by atoms with Crippen molar-refractivity contribution in [3.63, 3.8) is 0 Å². The number of amides is 1. The van der Waals surface area contributed by atoms with Crippen molar-refractivity contribution < 1.29 is 14.3 Å². The fourth-order valence-corrected chi connectivity index (χ4v) is 3.99. The third-order valence-electron chi connectivity index (χ3n) is 5.39. The van der Waals surface area contributed by atoms with Crippen molar-refractivity contribution in [3.05, 3.63) is 29.8 Å². The molecule has 1 heterocycles. The van der Waals surface area contributed by atoms with Crippen LogP contribution in [0.4, 0.5) is 0 Å². The second kappa shape index (κ2) is 6.73. The standard InChI is InChI=1S/C19H28N2O3/c1-19(2)17(15-8-9-23-18(15)19)20-11-13-6-5-7-14(10-13)24-12-16(22)21(3)4/h5-7,10,15,17-18,20H,8-9,11-12H2,1-4H3/t15-,17+,18-/m0/s1. The maximum Gasteiger partial charge on any atom is 0.259 e. The summed E-state index contributed by atoms with van der Waals surface area (Å²) in [5.41, 5.74) is 1.36. The molecule has 0 bridgehead atoms. The number of carbonyl (C=O) groups excluding carboxylic acids is 1. The van der Waals surface area contributed by atoms with E-state index in [-0.39, 0.29) is 17.9 Å². The Labute approximate surface area is 144 Å². The minimum Gasteiger partial charge on any atom is -0.484 e. The summed E-state index contributed by atoms with van der Waals surface area (Å²) in [5, 5.41) is 3.70. The lowest BCUT2D eigenvalue weighted by Crippen LogP contribution is -2.65. The van der Waals surface area contributed by atoms with Crippen molar-refractivity contribution in [3.8, 4) is 5.75 Å². The molecule has 3 rings (SSSR count). The van der Waals surface area contributed by atoms with Crippen LogP contribution in [0.3, 0.4) is 0 Å². The zero-order valence-electron chi connectivity index (χ0n) is 15.0. The SMILES string of the molecule is CN(C)C(=O)COc1cccc(CN[C@@H]2[C@@H]3CCO[C@@H]3C2(C)C)c1. The lowest BCUT2D eigenvalue weighted by atomic mass is 9.57. The van der Waals surface area contributed by atoms with E-state index in [2.05, 4.69) is 25.2 Å². The van der Waals surface area contributed by atoms with Crippen LogP contribution >= 0.6 is 0 Å². The van der Waals surface area contributed by atoms with Gasteiger partial charge in [-0.2, -0.15) is 0 Å². The molecule has 2 aliphatic rings. The summed E-state index contributed by atoms with van der Waals surface area (Å²) in [5.74, 6) is 1.33. The molecule has 5 nitrogen and oxygen atoms in total. The van der Waals surface area contributed by atoms with E-state index >= 15 is 0 Å². The van der Waals surface area contributed by atoms with Gasteiger partial charge in [0.05, 0.1) is 6.10 Å². The number of nitrogens with one attached hydrogen (secondary N) is 1. The Morgan fingerprint density at radius 3 is 2.96 bits per heavy atom. The first-order valence-corrected chi connectivity index (χ1v) is 8.66. The Bertz CT molecular complexity index is 600. The molecule has 1 aromatic rings. The van der Waals surface area contributed by atoms with E-state index in [1.54, 1.807) is 14.1 Å². The van der Waals surface area contributed by atoms with Crippen molar-refractivity contribution >= 4 is 5.91 Å². The number of carbonyl (C=O) groups is 1. The van der Waals surface area contributed by atoms with E-state index < -0.39 is 0 Å². The number of hydrogen-bond acceptors (Lipinski definition) is 4. The Morgan fingerprint density at radius 2 is 2.21 bits per heavy atom. The third kappa shape index (κ3) is 3.28. The summed E-state index contributed by atoms with van der Waals surface area (Å²) in [6.07, 6.45) is 1.56. The lowest BCUT2D eigenvalue weighted by molar-refractivity contribution is -0.130. The average Bonchev–Trinajstić information content (AvgIpc) is 2.99. The van der Waals surface area contributed by atoms with Crippen LogP contribution in [0.2, 0.25) is 0 Å². The molecule has 5 heteroatoms. The van der Waals surface area contributed by atoms with Crippen molar-refractivity contribution in [1.82, 2.24) is 10.2 Å². The Balaban J connectivity index is 1.54. The predicted molar refractivity (Wildman–Crippen MR) is 92.9 cm³/mol. The van der Waals surface area contributed by atoms with Crippen LogP contribution in [-0.4, -0.2) is 50.3 Å². The largest absolute Gasteiger partial charge is 0.484 e. The fraction of sp³-hybridized carbons (Fsp3) is 0.632. The van der Waals surface area contributed by atoms with Gasteiger partial charge in [0.25, 0.3) is 5.91 Å². The number of nitrogens with zero attached hydrogens (tertiary/aromatic N) is 1. The van der Waals surface area contributed by atoms with Crippen molar-refractivity contribution in [2.75, 3.05) is 27.3 Å². The first kappa shape index (κ1) is 17.2. The molecule has 0 unspecified atom stereocenters. The zero-order chi connectivity index (χ0) is 17.3. The average molecular weight is 332 g/mol. The number of fused-ring (bicyclic) bond motifs is 1. The van der Waals surface area contributed by atoms with E-state index in [1.807, 2.05) is 18.2 Å². The molecular formula is C19H28N2O3. The van der Waals surface area contributed by atoms with Gasteiger partial charge in [-0.1, -0.05) is 26.0 Å². The van der Waals surface area contributed by atoms with Gasteiger partial charge in [0.15, 0.2) is 6.61 Å². The summed E-state index contributed by atoms with van der Waals surface area (Å²) in [6.45, 7) is 6.32. The first-order valence-electron chi connectivity index (χ1n) is 8.66. The Kier molecular flexibility index (Phi) is 4.83. The van der Waals surface area contributed by atoms with Crippen LogP contribution < -0.4 is 10.1 Å². The van der Waals surface area contributed by atoms with Gasteiger partial charge in [-0.05, 0) is 24.1 Å². The van der Waals surface area contributed by atoms with E-state index in [0.717, 1.165) is 25.3 Å². The van der Waals surface area contributed by atoms with Gasteiger partial charge >= 0.3 is 0 Å². The molecule has 1 aromatic carbocycles. The molecule has 1 saturated heterocycles. The molecule has 0 aromatic heterocycles. The summed E-state index contributed by atoms with van der Waals surface area (Å²) in [4.78, 5) is 13.1. The summed E-state index contributed by atoms with van der Waals surface area (Å²) in [7, 11) is 3.46. The minimum atomic E-state index is -0.0398. The van der Waals surface area contributed by atoms with Crippen molar-refractivity contribution in [2.45, 2.75) is 39.0 Å². The minimum absolute atomic E-state index is 0.0398. The van der Waals surface area contributed by atoms with E-state index in [9.17, 15) is 4.79 Å². The highest BCUT2D eigenvalue weighted by Gasteiger charge is 2.58. The molecular weight excluding hydrogens is 304 g/mol. The Morgan fingerprint density at radius 1 is 1.42 bits per heavy atom. The van der Waals surface area contributed by atoms with Crippen LogP contribution in [0.25, 0.3) is 0 Å². The smallest absolute Gasteiger partial charge is 0.259 e. The molecule has 0 spiro atoms. The van der Waals surface area contributed by atoms with Gasteiger partial charge in [0.2, 0.25) is 0 Å². The monoisotopic (exact) mass is 332 g/mol. The highest BCUT2D eigenvalue weighted by atomic mass is 16.5. The molecule has 3 atom stereocenters. The van der Waals surface area contributed by atoms with Crippen LogP contribution in [0, 0.1) is 11.3 Å². The third-order valence-corrected chi connectivity index (χ3v) is 5.39. The molecule has 1 amide bonds. The van der Waals surface area contributed by atoms with Gasteiger partial charge in [-0.25, -0.2) is 0 Å². The molecule has 24 heavy (non-hydrogen) atoms. The maximum absolute atomic E-state index is 11.6. The number of likely N-dealkylation sites (N-methyl/N-ethyl adjacent to an activating group) is 1. The fourth-order valence-electron chi connectivity index (χ4n) is 3.99. The molecule has 1 N–H and O–H groups in total. The molecule has 132 valence electrons. The zero-order valence-corrected chi connectivity index (χ0v) is 15.0. The van der Waals surface area contributed by atoms with Crippen LogP contribution in [0.15, 0.2) is 24.3 Å². The molecule has 1 aliphatic carbocycles. The Hall–Kier alpha value is -1.59. The molecule has 0 radical (unpaired) electrons. The van der Waals surface area contributed by atoms with E-state index in [1.165, 1.54) is 10.5 Å². The maximum atomic E-state index is 11.6. The number of benzene rings is 1. The summed E-state index contributed by atoms with van der Waals surface area (Å²) < 4.78 is 11.4. The van der Waals surface area contributed by atoms with E-state index in [4.69, 9.17) is 9.47 Å².